The van der Waals surface area contributed by atoms with Gasteiger partial charge in [0.15, 0.2) is 18.1 Å². The monoisotopic (exact) mass is 335 g/mol. The summed E-state index contributed by atoms with van der Waals surface area (Å²) in [5.41, 5.74) is 1.06. The van der Waals surface area contributed by atoms with Gasteiger partial charge in [0, 0.05) is 0 Å². The van der Waals surface area contributed by atoms with Gasteiger partial charge in [-0.3, -0.25) is 4.79 Å². The predicted octanol–water partition coefficient (Wildman–Crippen LogP) is 4.10. The Kier molecular flexibility index (Phi) is 5.19. The molecule has 3 aromatic rings. The molecule has 0 bridgehead atoms. The molecule has 0 aliphatic carbocycles. The van der Waals surface area contributed by atoms with Gasteiger partial charge in [0.05, 0.1) is 13.2 Å². The van der Waals surface area contributed by atoms with Gasteiger partial charge in [-0.15, -0.1) is 0 Å². The molecular formula is C21H21NO3. The SMILES string of the molecule is COc1ccccc1OCC(=O)NC(C)c1ccc2ccccc2c1. The van der Waals surface area contributed by atoms with Crippen molar-refractivity contribution in [1.29, 1.82) is 0 Å². The zero-order valence-corrected chi connectivity index (χ0v) is 14.4. The lowest BCUT2D eigenvalue weighted by Gasteiger charge is -2.16. The fourth-order valence-corrected chi connectivity index (χ4v) is 2.72. The van der Waals surface area contributed by atoms with E-state index >= 15 is 0 Å². The van der Waals surface area contributed by atoms with Gasteiger partial charge in [-0.05, 0) is 41.5 Å². The Bertz CT molecular complexity index is 876. The molecule has 3 aromatic carbocycles. The smallest absolute Gasteiger partial charge is 0.258 e. The van der Waals surface area contributed by atoms with Gasteiger partial charge in [-0.2, -0.15) is 0 Å². The van der Waals surface area contributed by atoms with E-state index in [1.54, 1.807) is 19.2 Å². The Morgan fingerprint density at radius 1 is 0.960 bits per heavy atom. The van der Waals surface area contributed by atoms with Crippen molar-refractivity contribution < 1.29 is 14.3 Å². The lowest BCUT2D eigenvalue weighted by atomic mass is 10.0. The van der Waals surface area contributed by atoms with Crippen molar-refractivity contribution in [3.05, 3.63) is 72.3 Å². The second kappa shape index (κ2) is 7.71. The average molecular weight is 335 g/mol. The van der Waals surface area contributed by atoms with Crippen LogP contribution >= 0.6 is 0 Å². The lowest BCUT2D eigenvalue weighted by Crippen LogP contribution is -2.31. The molecule has 0 heterocycles. The number of hydrogen-bond donors (Lipinski definition) is 1. The maximum atomic E-state index is 12.2. The number of hydrogen-bond acceptors (Lipinski definition) is 3. The van der Waals surface area contributed by atoms with Crippen molar-refractivity contribution >= 4 is 16.7 Å². The Hall–Kier alpha value is -3.01. The van der Waals surface area contributed by atoms with E-state index in [2.05, 4.69) is 29.6 Å². The fourth-order valence-electron chi connectivity index (χ4n) is 2.72. The van der Waals surface area contributed by atoms with Crippen LogP contribution in [0.2, 0.25) is 0 Å². The van der Waals surface area contributed by atoms with Gasteiger partial charge in [0.25, 0.3) is 5.91 Å². The molecule has 3 rings (SSSR count). The predicted molar refractivity (Wildman–Crippen MR) is 99.0 cm³/mol. The molecule has 0 saturated carbocycles. The van der Waals surface area contributed by atoms with Crippen LogP contribution in [0.1, 0.15) is 18.5 Å². The van der Waals surface area contributed by atoms with E-state index < -0.39 is 0 Å². The highest BCUT2D eigenvalue weighted by Gasteiger charge is 2.12. The molecule has 1 atom stereocenters. The van der Waals surface area contributed by atoms with E-state index in [-0.39, 0.29) is 18.6 Å². The zero-order chi connectivity index (χ0) is 17.6. The van der Waals surface area contributed by atoms with Crippen LogP contribution in [0.4, 0.5) is 0 Å². The summed E-state index contributed by atoms with van der Waals surface area (Å²) in [6, 6.07) is 21.5. The summed E-state index contributed by atoms with van der Waals surface area (Å²) in [4.78, 5) is 12.2. The van der Waals surface area contributed by atoms with Crippen molar-refractivity contribution in [2.45, 2.75) is 13.0 Å². The van der Waals surface area contributed by atoms with Crippen LogP contribution in [-0.2, 0) is 4.79 Å². The molecule has 0 fully saturated rings. The van der Waals surface area contributed by atoms with Crippen molar-refractivity contribution in [3.63, 3.8) is 0 Å². The summed E-state index contributed by atoms with van der Waals surface area (Å²) in [5.74, 6) is 0.989. The largest absolute Gasteiger partial charge is 0.493 e. The topological polar surface area (TPSA) is 47.6 Å². The minimum absolute atomic E-state index is 0.0572. The maximum Gasteiger partial charge on any atom is 0.258 e. The second-order valence-electron chi connectivity index (χ2n) is 5.84. The fraction of sp³-hybridized carbons (Fsp3) is 0.190. The summed E-state index contributed by atoms with van der Waals surface area (Å²) in [7, 11) is 1.57. The number of benzene rings is 3. The van der Waals surface area contributed by atoms with Crippen molar-refractivity contribution in [2.24, 2.45) is 0 Å². The van der Waals surface area contributed by atoms with Crippen LogP contribution in [0, 0.1) is 0 Å². The first-order valence-corrected chi connectivity index (χ1v) is 8.21. The van der Waals surface area contributed by atoms with E-state index in [4.69, 9.17) is 9.47 Å². The van der Waals surface area contributed by atoms with Crippen LogP contribution in [0.3, 0.4) is 0 Å². The number of amides is 1. The molecule has 0 spiro atoms. The first kappa shape index (κ1) is 16.8. The normalized spacial score (nSPS) is 11.8. The quantitative estimate of drug-likeness (QED) is 0.737. The molecule has 4 nitrogen and oxygen atoms in total. The van der Waals surface area contributed by atoms with Crippen molar-refractivity contribution in [2.75, 3.05) is 13.7 Å². The minimum Gasteiger partial charge on any atom is -0.493 e. The molecular weight excluding hydrogens is 314 g/mol. The van der Waals surface area contributed by atoms with E-state index in [0.717, 1.165) is 10.9 Å². The molecule has 0 radical (unpaired) electrons. The number of ether oxygens (including phenoxy) is 2. The van der Waals surface area contributed by atoms with Crippen LogP contribution in [-0.4, -0.2) is 19.6 Å². The number of carbonyl (C=O) groups is 1. The van der Waals surface area contributed by atoms with Gasteiger partial charge in [-0.1, -0.05) is 48.5 Å². The molecule has 0 aliphatic heterocycles. The van der Waals surface area contributed by atoms with Crippen LogP contribution in [0.25, 0.3) is 10.8 Å². The number of carbonyl (C=O) groups excluding carboxylic acids is 1. The second-order valence-corrected chi connectivity index (χ2v) is 5.84. The molecule has 4 heteroatoms. The van der Waals surface area contributed by atoms with Crippen LogP contribution in [0.15, 0.2) is 66.7 Å². The van der Waals surface area contributed by atoms with Crippen LogP contribution < -0.4 is 14.8 Å². The highest BCUT2D eigenvalue weighted by molar-refractivity contribution is 5.83. The summed E-state index contributed by atoms with van der Waals surface area (Å²) >= 11 is 0. The molecule has 0 aromatic heterocycles. The number of fused-ring (bicyclic) bond motifs is 1. The Morgan fingerprint density at radius 2 is 1.64 bits per heavy atom. The summed E-state index contributed by atoms with van der Waals surface area (Å²) in [6.07, 6.45) is 0. The first-order chi connectivity index (χ1) is 12.2. The molecule has 0 saturated heterocycles. The van der Waals surface area contributed by atoms with Crippen molar-refractivity contribution in [1.82, 2.24) is 5.32 Å². The lowest BCUT2D eigenvalue weighted by molar-refractivity contribution is -0.123. The van der Waals surface area contributed by atoms with Crippen LogP contribution in [0.5, 0.6) is 11.5 Å². The molecule has 0 aliphatic rings. The van der Waals surface area contributed by atoms with Gasteiger partial charge in [0.1, 0.15) is 0 Å². The standard InChI is InChI=1S/C21H21NO3/c1-15(17-12-11-16-7-3-4-8-18(16)13-17)22-21(23)14-25-20-10-6-5-9-19(20)24-2/h3-13,15H,14H2,1-2H3,(H,22,23). The van der Waals surface area contributed by atoms with Gasteiger partial charge in [-0.25, -0.2) is 0 Å². The first-order valence-electron chi connectivity index (χ1n) is 8.21. The van der Waals surface area contributed by atoms with Gasteiger partial charge < -0.3 is 14.8 Å². The number of rotatable bonds is 6. The zero-order valence-electron chi connectivity index (χ0n) is 14.4. The summed E-state index contributed by atoms with van der Waals surface area (Å²) < 4.78 is 10.8. The Morgan fingerprint density at radius 3 is 2.40 bits per heavy atom. The van der Waals surface area contributed by atoms with Gasteiger partial charge in [0.2, 0.25) is 0 Å². The van der Waals surface area contributed by atoms with Gasteiger partial charge >= 0.3 is 0 Å². The van der Waals surface area contributed by atoms with Crippen molar-refractivity contribution in [3.8, 4) is 11.5 Å². The molecule has 1 N–H and O–H groups in total. The third kappa shape index (κ3) is 4.10. The number of para-hydroxylation sites is 2. The van der Waals surface area contributed by atoms with E-state index in [1.165, 1.54) is 5.39 Å². The molecule has 1 unspecified atom stereocenters. The van der Waals surface area contributed by atoms with E-state index in [0.29, 0.717) is 11.5 Å². The summed E-state index contributed by atoms with van der Waals surface area (Å²) in [6.45, 7) is 1.91. The third-order valence-corrected chi connectivity index (χ3v) is 4.08. The molecule has 1 amide bonds. The third-order valence-electron chi connectivity index (χ3n) is 4.08. The molecule has 25 heavy (non-hydrogen) atoms. The number of nitrogens with one attached hydrogen (secondary N) is 1. The highest BCUT2D eigenvalue weighted by atomic mass is 16.5. The van der Waals surface area contributed by atoms with E-state index in [9.17, 15) is 4.79 Å². The minimum atomic E-state index is -0.174. The Labute approximate surface area is 147 Å². The summed E-state index contributed by atoms with van der Waals surface area (Å²) in [5, 5.41) is 5.31. The van der Waals surface area contributed by atoms with E-state index in [1.807, 2.05) is 37.3 Å². The average Bonchev–Trinajstić information content (AvgIpc) is 2.66. The number of methoxy groups -OCH3 is 1. The molecule has 128 valence electrons. The Balaban J connectivity index is 1.61. The highest BCUT2D eigenvalue weighted by Crippen LogP contribution is 2.25. The maximum absolute atomic E-state index is 12.2.